The van der Waals surface area contributed by atoms with Crippen LogP contribution in [0.15, 0.2) is 164 Å². The predicted molar refractivity (Wildman–Crippen MR) is 249 cm³/mol. The fourth-order valence-electron chi connectivity index (χ4n) is 11.9. The summed E-state index contributed by atoms with van der Waals surface area (Å²) >= 11 is 0. The van der Waals surface area contributed by atoms with E-state index >= 15 is 0 Å². The van der Waals surface area contributed by atoms with Gasteiger partial charge in [-0.25, -0.2) is 0 Å². The summed E-state index contributed by atoms with van der Waals surface area (Å²) in [6.07, 6.45) is 12.4. The van der Waals surface area contributed by atoms with E-state index in [1.165, 1.54) is 136 Å². The molecule has 1 nitrogen and oxygen atoms in total. The van der Waals surface area contributed by atoms with Crippen molar-refractivity contribution in [2.75, 3.05) is 4.90 Å². The van der Waals surface area contributed by atoms with Gasteiger partial charge in [0.1, 0.15) is 0 Å². The SMILES string of the molecule is CC1(C)c2ccccc2-c2c(-c3ccccc3-c3ccccc3)cc(N(c3ccc(-c4ccc(C5CC6CCC5C6)cc4)cc3)c3ccc(C4CCCCC4)cc3)cc21. The Hall–Kier alpha value is -5.66. The van der Waals surface area contributed by atoms with E-state index < -0.39 is 0 Å². The van der Waals surface area contributed by atoms with Crippen LogP contribution in [-0.2, 0) is 5.41 Å². The lowest BCUT2D eigenvalue weighted by Crippen LogP contribution is -2.17. The number of rotatable bonds is 8. The van der Waals surface area contributed by atoms with Crippen LogP contribution in [0.3, 0.4) is 0 Å². The smallest absolute Gasteiger partial charge is 0.0471 e. The van der Waals surface area contributed by atoms with Gasteiger partial charge in [-0.3, -0.25) is 0 Å². The van der Waals surface area contributed by atoms with Crippen molar-refractivity contribution in [3.05, 3.63) is 186 Å². The molecular formula is C58H55N. The van der Waals surface area contributed by atoms with Crippen molar-refractivity contribution in [3.8, 4) is 44.5 Å². The second-order valence-corrected chi connectivity index (χ2v) is 18.7. The first-order chi connectivity index (χ1) is 29.0. The van der Waals surface area contributed by atoms with Crippen molar-refractivity contribution in [3.63, 3.8) is 0 Å². The third-order valence-electron chi connectivity index (χ3n) is 15.0. The number of hydrogen-bond donors (Lipinski definition) is 0. The molecule has 0 spiro atoms. The molecule has 3 unspecified atom stereocenters. The van der Waals surface area contributed by atoms with Crippen molar-refractivity contribution >= 4 is 17.1 Å². The lowest BCUT2D eigenvalue weighted by Gasteiger charge is -2.30. The predicted octanol–water partition coefficient (Wildman–Crippen LogP) is 16.4. The molecule has 0 heterocycles. The second-order valence-electron chi connectivity index (χ2n) is 18.7. The zero-order chi connectivity index (χ0) is 39.5. The molecule has 0 saturated heterocycles. The first kappa shape index (κ1) is 36.4. The number of nitrogens with zero attached hydrogens (tertiary/aromatic N) is 1. The molecule has 7 aromatic rings. The van der Waals surface area contributed by atoms with Gasteiger partial charge in [-0.1, -0.05) is 167 Å². The van der Waals surface area contributed by atoms with Gasteiger partial charge in [-0.2, -0.15) is 0 Å². The first-order valence-corrected chi connectivity index (χ1v) is 22.5. The van der Waals surface area contributed by atoms with E-state index in [-0.39, 0.29) is 5.41 Å². The number of benzene rings is 7. The third-order valence-corrected chi connectivity index (χ3v) is 15.0. The molecular weight excluding hydrogens is 711 g/mol. The zero-order valence-corrected chi connectivity index (χ0v) is 34.7. The van der Waals surface area contributed by atoms with Crippen LogP contribution in [0.1, 0.15) is 106 Å². The summed E-state index contributed by atoms with van der Waals surface area (Å²) < 4.78 is 0. The molecule has 0 aliphatic heterocycles. The molecule has 0 amide bonds. The molecule has 3 atom stereocenters. The third kappa shape index (κ3) is 6.46. The molecule has 2 bridgehead atoms. The van der Waals surface area contributed by atoms with Crippen LogP contribution in [0.25, 0.3) is 44.5 Å². The van der Waals surface area contributed by atoms with Crippen LogP contribution >= 0.6 is 0 Å². The highest BCUT2D eigenvalue weighted by atomic mass is 15.1. The molecule has 59 heavy (non-hydrogen) atoms. The Bertz CT molecular complexity index is 2610. The van der Waals surface area contributed by atoms with Crippen molar-refractivity contribution in [1.82, 2.24) is 0 Å². The Morgan fingerprint density at radius 1 is 0.441 bits per heavy atom. The lowest BCUT2D eigenvalue weighted by atomic mass is 9.81. The molecule has 3 saturated carbocycles. The molecule has 0 radical (unpaired) electrons. The molecule has 0 aromatic heterocycles. The maximum absolute atomic E-state index is 2.51. The van der Waals surface area contributed by atoms with Crippen LogP contribution in [0.4, 0.5) is 17.1 Å². The van der Waals surface area contributed by atoms with Gasteiger partial charge in [-0.15, -0.1) is 0 Å². The van der Waals surface area contributed by atoms with Gasteiger partial charge >= 0.3 is 0 Å². The van der Waals surface area contributed by atoms with Crippen LogP contribution in [0, 0.1) is 11.8 Å². The number of anilines is 3. The van der Waals surface area contributed by atoms with Gasteiger partial charge in [0.2, 0.25) is 0 Å². The largest absolute Gasteiger partial charge is 0.310 e. The quantitative estimate of drug-likeness (QED) is 0.149. The van der Waals surface area contributed by atoms with Gasteiger partial charge in [0.25, 0.3) is 0 Å². The van der Waals surface area contributed by atoms with E-state index in [0.717, 1.165) is 17.8 Å². The normalized spacial score (nSPS) is 20.3. The Morgan fingerprint density at radius 3 is 1.73 bits per heavy atom. The highest BCUT2D eigenvalue weighted by molar-refractivity contribution is 5.99. The minimum absolute atomic E-state index is 0.164. The summed E-state index contributed by atoms with van der Waals surface area (Å²) in [5.41, 5.74) is 19.5. The maximum Gasteiger partial charge on any atom is 0.0471 e. The Labute approximate surface area is 351 Å². The topological polar surface area (TPSA) is 3.24 Å². The highest BCUT2D eigenvalue weighted by Crippen LogP contribution is 2.56. The lowest BCUT2D eigenvalue weighted by molar-refractivity contribution is 0.420. The summed E-state index contributed by atoms with van der Waals surface area (Å²) in [6.45, 7) is 4.82. The fourth-order valence-corrected chi connectivity index (χ4v) is 11.9. The van der Waals surface area contributed by atoms with E-state index in [2.05, 4.69) is 183 Å². The van der Waals surface area contributed by atoms with Crippen LogP contribution in [0.5, 0.6) is 0 Å². The highest BCUT2D eigenvalue weighted by Gasteiger charge is 2.40. The Balaban J connectivity index is 1.05. The van der Waals surface area contributed by atoms with Crippen LogP contribution < -0.4 is 4.90 Å². The molecule has 11 rings (SSSR count). The van der Waals surface area contributed by atoms with Crippen molar-refractivity contribution in [2.45, 2.75) is 88.9 Å². The van der Waals surface area contributed by atoms with Gasteiger partial charge in [0, 0.05) is 22.5 Å². The average Bonchev–Trinajstić information content (AvgIpc) is 4.00. The minimum Gasteiger partial charge on any atom is -0.310 e. The van der Waals surface area contributed by atoms with Crippen LogP contribution in [-0.4, -0.2) is 0 Å². The van der Waals surface area contributed by atoms with Crippen LogP contribution in [0.2, 0.25) is 0 Å². The summed E-state index contributed by atoms with van der Waals surface area (Å²) in [7, 11) is 0. The molecule has 292 valence electrons. The van der Waals surface area contributed by atoms with E-state index in [4.69, 9.17) is 0 Å². The van der Waals surface area contributed by atoms with Gasteiger partial charge < -0.3 is 4.90 Å². The zero-order valence-electron chi connectivity index (χ0n) is 34.7. The molecule has 4 aliphatic carbocycles. The first-order valence-electron chi connectivity index (χ1n) is 22.5. The van der Waals surface area contributed by atoms with Crippen molar-refractivity contribution in [1.29, 1.82) is 0 Å². The fraction of sp³-hybridized carbons (Fsp3) is 0.276. The minimum atomic E-state index is -0.164. The average molecular weight is 766 g/mol. The Morgan fingerprint density at radius 2 is 1.05 bits per heavy atom. The van der Waals surface area contributed by atoms with Gasteiger partial charge in [-0.05, 0) is 159 Å². The summed E-state index contributed by atoms with van der Waals surface area (Å²) in [5, 5.41) is 0. The number of fused-ring (bicyclic) bond motifs is 5. The standard InChI is InChI=1S/C58H55N/c1-58(2)55-20-12-11-19-52(55)57-54(51-18-10-9-17-50(51)44-15-7-4-8-16-44)37-49(38-56(57)58)59(47-31-27-42(28-32-47)40-13-5-3-6-14-40)48-33-29-43(30-34-48)41-23-25-45(26-24-41)53-36-39-21-22-46(53)35-39/h4,7-12,15-20,23-34,37-40,46,53H,3,5-6,13-14,21-22,35-36H2,1-2H3. The maximum atomic E-state index is 2.51. The second kappa shape index (κ2) is 14.9. The summed E-state index contributed by atoms with van der Waals surface area (Å²) in [6, 6.07) is 62.6. The molecule has 1 heteroatoms. The van der Waals surface area contributed by atoms with Crippen molar-refractivity contribution in [2.24, 2.45) is 11.8 Å². The Kier molecular flexibility index (Phi) is 9.18. The summed E-state index contributed by atoms with van der Waals surface area (Å²) in [5.74, 6) is 3.29. The van der Waals surface area contributed by atoms with Gasteiger partial charge in [0.05, 0.1) is 0 Å². The molecule has 0 N–H and O–H groups in total. The molecule has 7 aromatic carbocycles. The summed E-state index contributed by atoms with van der Waals surface area (Å²) in [4.78, 5) is 2.51. The number of hydrogen-bond acceptors (Lipinski definition) is 1. The van der Waals surface area contributed by atoms with E-state index in [1.807, 2.05) is 0 Å². The molecule has 4 aliphatic rings. The van der Waals surface area contributed by atoms with E-state index in [0.29, 0.717) is 5.92 Å². The van der Waals surface area contributed by atoms with Gasteiger partial charge in [0.15, 0.2) is 0 Å². The monoisotopic (exact) mass is 765 g/mol. The van der Waals surface area contributed by atoms with E-state index in [9.17, 15) is 0 Å². The van der Waals surface area contributed by atoms with E-state index in [1.54, 1.807) is 5.56 Å². The molecule has 3 fully saturated rings. The van der Waals surface area contributed by atoms with Crippen molar-refractivity contribution < 1.29 is 0 Å².